The van der Waals surface area contributed by atoms with Gasteiger partial charge in [-0.05, 0) is 11.6 Å². The molecule has 6 heteroatoms. The Kier molecular flexibility index (Phi) is 4.59. The number of anilines is 1. The average molecular weight is 331 g/mol. The number of aromatic nitrogens is 1. The number of para-hydroxylation sites is 1. The van der Waals surface area contributed by atoms with Crippen molar-refractivity contribution in [3.63, 3.8) is 0 Å². The van der Waals surface area contributed by atoms with Gasteiger partial charge in [0.15, 0.2) is 0 Å². The van der Waals surface area contributed by atoms with Crippen LogP contribution in [0.3, 0.4) is 0 Å². The Morgan fingerprint density at radius 3 is 2.60 bits per heavy atom. The van der Waals surface area contributed by atoms with Crippen LogP contribution in [0, 0.1) is 6.57 Å². The molecule has 5 N–H and O–H groups in total. The first kappa shape index (κ1) is 16.4. The lowest BCUT2D eigenvalue weighted by molar-refractivity contribution is 0.100. The van der Waals surface area contributed by atoms with Gasteiger partial charge in [0.2, 0.25) is 5.69 Å². The quantitative estimate of drug-likeness (QED) is 0.626. The first-order valence-electron chi connectivity index (χ1n) is 7.76. The second-order valence-electron chi connectivity index (χ2n) is 5.54. The van der Waals surface area contributed by atoms with Crippen LogP contribution >= 0.6 is 0 Å². The Labute approximate surface area is 145 Å². The maximum Gasteiger partial charge on any atom is 0.250 e. The molecule has 0 aliphatic rings. The van der Waals surface area contributed by atoms with E-state index in [-0.39, 0.29) is 6.04 Å². The predicted octanol–water partition coefficient (Wildman–Crippen LogP) is 3.00. The molecule has 0 aliphatic carbocycles. The average Bonchev–Trinajstić information content (AvgIpc) is 2.65. The predicted molar refractivity (Wildman–Crippen MR) is 98.4 cm³/mol. The number of amides is 1. The molecule has 25 heavy (non-hydrogen) atoms. The fourth-order valence-electron chi connectivity index (χ4n) is 2.79. The minimum Gasteiger partial charge on any atom is -0.385 e. The number of nitrogens with zero attached hydrogens (tertiary/aromatic N) is 2. The Hall–Kier alpha value is -3.43. The molecule has 124 valence electrons. The van der Waals surface area contributed by atoms with E-state index in [1.807, 2.05) is 36.4 Å². The molecule has 0 saturated carbocycles. The van der Waals surface area contributed by atoms with Gasteiger partial charge in [-0.3, -0.25) is 9.78 Å². The molecule has 1 amide bonds. The zero-order chi connectivity index (χ0) is 17.8. The monoisotopic (exact) mass is 331 g/mol. The summed E-state index contributed by atoms with van der Waals surface area (Å²) < 4.78 is 0. The van der Waals surface area contributed by atoms with Gasteiger partial charge in [-0.1, -0.05) is 42.5 Å². The van der Waals surface area contributed by atoms with Gasteiger partial charge >= 0.3 is 0 Å². The third-order valence-corrected chi connectivity index (χ3v) is 4.02. The Balaban J connectivity index is 2.15. The van der Waals surface area contributed by atoms with Crippen molar-refractivity contribution in [3.8, 4) is 0 Å². The fraction of sp³-hybridized carbons (Fsp3) is 0.105. The minimum atomic E-state index is -0.557. The zero-order valence-corrected chi connectivity index (χ0v) is 13.4. The number of benzene rings is 2. The third kappa shape index (κ3) is 3.13. The van der Waals surface area contributed by atoms with Crippen LogP contribution in [-0.2, 0) is 0 Å². The maximum absolute atomic E-state index is 11.7. The maximum atomic E-state index is 11.7. The number of fused-ring (bicyclic) bond motifs is 1. The first-order valence-corrected chi connectivity index (χ1v) is 7.76. The Morgan fingerprint density at radius 1 is 1.20 bits per heavy atom. The third-order valence-electron chi connectivity index (χ3n) is 4.02. The van der Waals surface area contributed by atoms with E-state index in [1.165, 1.54) is 6.20 Å². The number of primary amides is 1. The summed E-state index contributed by atoms with van der Waals surface area (Å²) in [4.78, 5) is 19.5. The highest BCUT2D eigenvalue weighted by atomic mass is 16.1. The van der Waals surface area contributed by atoms with Crippen LogP contribution < -0.4 is 16.8 Å². The van der Waals surface area contributed by atoms with E-state index in [0.29, 0.717) is 34.4 Å². The van der Waals surface area contributed by atoms with Gasteiger partial charge in [0.1, 0.15) is 0 Å². The minimum absolute atomic E-state index is 0.176. The van der Waals surface area contributed by atoms with Crippen molar-refractivity contribution < 1.29 is 4.79 Å². The topological polar surface area (TPSA) is 98.4 Å². The summed E-state index contributed by atoms with van der Waals surface area (Å²) in [5.41, 5.74) is 14.1. The van der Waals surface area contributed by atoms with E-state index >= 15 is 0 Å². The van der Waals surface area contributed by atoms with Crippen LogP contribution in [0.25, 0.3) is 15.7 Å². The smallest absolute Gasteiger partial charge is 0.250 e. The molecule has 1 aromatic heterocycles. The van der Waals surface area contributed by atoms with Gasteiger partial charge in [-0.2, -0.15) is 0 Å². The van der Waals surface area contributed by atoms with Crippen LogP contribution in [0.15, 0.2) is 54.7 Å². The molecular weight excluding hydrogens is 314 g/mol. The largest absolute Gasteiger partial charge is 0.385 e. The van der Waals surface area contributed by atoms with Gasteiger partial charge in [-0.25, -0.2) is 4.85 Å². The van der Waals surface area contributed by atoms with E-state index in [2.05, 4.69) is 15.1 Å². The molecule has 2 aromatic carbocycles. The van der Waals surface area contributed by atoms with E-state index in [9.17, 15) is 4.79 Å². The van der Waals surface area contributed by atoms with E-state index in [0.717, 1.165) is 5.56 Å². The SMILES string of the molecule is [C-]#[N+]c1cnc2c(C(N)=O)cccc2c1N[C@H](CN)c1ccccc1. The molecule has 3 rings (SSSR count). The summed E-state index contributed by atoms with van der Waals surface area (Å²) in [5, 5.41) is 4.01. The van der Waals surface area contributed by atoms with Crippen molar-refractivity contribution in [1.29, 1.82) is 0 Å². The first-order chi connectivity index (χ1) is 12.2. The summed E-state index contributed by atoms with van der Waals surface area (Å²) in [5.74, 6) is -0.557. The molecule has 0 fully saturated rings. The molecule has 0 bridgehead atoms. The van der Waals surface area contributed by atoms with Crippen LogP contribution in [0.2, 0.25) is 0 Å². The lowest BCUT2D eigenvalue weighted by atomic mass is 10.0. The molecule has 0 spiro atoms. The van der Waals surface area contributed by atoms with Crippen molar-refractivity contribution >= 4 is 28.2 Å². The van der Waals surface area contributed by atoms with Crippen molar-refractivity contribution in [3.05, 3.63) is 77.3 Å². The molecule has 3 aromatic rings. The highest BCUT2D eigenvalue weighted by molar-refractivity contribution is 6.09. The number of carbonyl (C=O) groups excluding carboxylic acids is 1. The second kappa shape index (κ2) is 6.99. The number of carbonyl (C=O) groups is 1. The van der Waals surface area contributed by atoms with E-state index in [4.69, 9.17) is 18.0 Å². The summed E-state index contributed by atoms with van der Waals surface area (Å²) in [6, 6.07) is 14.7. The standard InChI is InChI=1S/C19H17N5O/c1-22-16-11-23-17-13(8-5-9-14(17)19(21)25)18(16)24-15(10-20)12-6-3-2-4-7-12/h2-9,11,15H,10,20H2,(H2,21,25)(H,23,24)/t15-/m1/s1. The normalized spacial score (nSPS) is 11.7. The molecule has 0 saturated heterocycles. The number of pyridine rings is 1. The molecule has 0 unspecified atom stereocenters. The number of rotatable bonds is 5. The molecule has 1 atom stereocenters. The number of hydrogen-bond donors (Lipinski definition) is 3. The highest BCUT2D eigenvalue weighted by Crippen LogP contribution is 2.35. The van der Waals surface area contributed by atoms with Crippen LogP contribution in [0.5, 0.6) is 0 Å². The summed E-state index contributed by atoms with van der Waals surface area (Å²) in [7, 11) is 0. The number of nitrogens with one attached hydrogen (secondary N) is 1. The summed E-state index contributed by atoms with van der Waals surface area (Å²) in [6.45, 7) is 7.77. The van der Waals surface area contributed by atoms with Gasteiger partial charge in [0.05, 0.1) is 29.4 Å². The van der Waals surface area contributed by atoms with Crippen molar-refractivity contribution in [1.82, 2.24) is 4.98 Å². The molecule has 1 heterocycles. The van der Waals surface area contributed by atoms with Gasteiger partial charge in [-0.15, -0.1) is 0 Å². The van der Waals surface area contributed by atoms with E-state index in [1.54, 1.807) is 12.1 Å². The Bertz CT molecular complexity index is 963. The molecule has 0 radical (unpaired) electrons. The number of nitrogens with two attached hydrogens (primary N) is 2. The van der Waals surface area contributed by atoms with Crippen LogP contribution in [-0.4, -0.2) is 17.4 Å². The highest BCUT2D eigenvalue weighted by Gasteiger charge is 2.17. The summed E-state index contributed by atoms with van der Waals surface area (Å²) >= 11 is 0. The van der Waals surface area contributed by atoms with Gasteiger partial charge < -0.3 is 16.8 Å². The van der Waals surface area contributed by atoms with Crippen LogP contribution in [0.4, 0.5) is 11.4 Å². The van der Waals surface area contributed by atoms with Crippen molar-refractivity contribution in [2.45, 2.75) is 6.04 Å². The lowest BCUT2D eigenvalue weighted by Gasteiger charge is -2.21. The molecular formula is C19H17N5O. The second-order valence-corrected chi connectivity index (χ2v) is 5.54. The Morgan fingerprint density at radius 2 is 1.96 bits per heavy atom. The van der Waals surface area contributed by atoms with Gasteiger partial charge in [0, 0.05) is 18.1 Å². The summed E-state index contributed by atoms with van der Waals surface area (Å²) in [6.07, 6.45) is 1.45. The zero-order valence-electron chi connectivity index (χ0n) is 13.4. The van der Waals surface area contributed by atoms with Crippen LogP contribution in [0.1, 0.15) is 22.0 Å². The van der Waals surface area contributed by atoms with Gasteiger partial charge in [0.25, 0.3) is 5.91 Å². The lowest BCUT2D eigenvalue weighted by Crippen LogP contribution is -2.21. The number of hydrogen-bond acceptors (Lipinski definition) is 4. The van der Waals surface area contributed by atoms with Crippen molar-refractivity contribution in [2.75, 3.05) is 11.9 Å². The van der Waals surface area contributed by atoms with E-state index < -0.39 is 5.91 Å². The molecule has 6 nitrogen and oxygen atoms in total. The molecule has 0 aliphatic heterocycles. The van der Waals surface area contributed by atoms with Crippen molar-refractivity contribution in [2.24, 2.45) is 11.5 Å². The fourth-order valence-corrected chi connectivity index (χ4v) is 2.79.